The fourth-order valence-corrected chi connectivity index (χ4v) is 2.22. The predicted octanol–water partition coefficient (Wildman–Crippen LogP) is 1.32. The molecule has 2 atom stereocenters. The number of aromatic nitrogens is 2. The van der Waals surface area contributed by atoms with Gasteiger partial charge in [-0.2, -0.15) is 0 Å². The normalized spacial score (nSPS) is 28.2. The van der Waals surface area contributed by atoms with Crippen molar-refractivity contribution in [1.29, 1.82) is 0 Å². The van der Waals surface area contributed by atoms with E-state index >= 15 is 0 Å². The second kappa shape index (κ2) is 3.14. The third kappa shape index (κ3) is 1.37. The highest BCUT2D eigenvalue weighted by atomic mass is 15.1. The molecular formula is C10H17N3. The fraction of sp³-hybridized carbons (Fsp3) is 0.700. The summed E-state index contributed by atoms with van der Waals surface area (Å²) in [5, 5.41) is 0. The molecule has 1 aliphatic carbocycles. The molecule has 72 valence electrons. The lowest BCUT2D eigenvalue weighted by molar-refractivity contribution is 0.574. The van der Waals surface area contributed by atoms with Crippen LogP contribution >= 0.6 is 0 Å². The molecule has 0 saturated heterocycles. The molecular weight excluding hydrogens is 162 g/mol. The van der Waals surface area contributed by atoms with Gasteiger partial charge in [0.15, 0.2) is 0 Å². The van der Waals surface area contributed by atoms with Gasteiger partial charge in [0.2, 0.25) is 0 Å². The lowest BCUT2D eigenvalue weighted by atomic mass is 10.0. The van der Waals surface area contributed by atoms with Crippen molar-refractivity contribution in [3.63, 3.8) is 0 Å². The van der Waals surface area contributed by atoms with E-state index in [9.17, 15) is 0 Å². The summed E-state index contributed by atoms with van der Waals surface area (Å²) in [6.45, 7) is 2.03. The number of rotatable bonds is 1. The second-order valence-corrected chi connectivity index (χ2v) is 3.99. The van der Waals surface area contributed by atoms with E-state index in [0.717, 1.165) is 12.2 Å². The van der Waals surface area contributed by atoms with E-state index < -0.39 is 0 Å². The van der Waals surface area contributed by atoms with Crippen LogP contribution in [0, 0.1) is 6.92 Å². The molecule has 1 aromatic heterocycles. The van der Waals surface area contributed by atoms with Crippen molar-refractivity contribution in [3.05, 3.63) is 17.7 Å². The summed E-state index contributed by atoms with van der Waals surface area (Å²) in [4.78, 5) is 4.30. The van der Waals surface area contributed by atoms with Crippen LogP contribution < -0.4 is 5.73 Å². The van der Waals surface area contributed by atoms with Crippen molar-refractivity contribution >= 4 is 0 Å². The minimum atomic E-state index is 0.342. The van der Waals surface area contributed by atoms with Gasteiger partial charge in [0, 0.05) is 30.9 Å². The van der Waals surface area contributed by atoms with Crippen LogP contribution in [0.4, 0.5) is 0 Å². The molecule has 1 heterocycles. The van der Waals surface area contributed by atoms with Crippen molar-refractivity contribution < 1.29 is 0 Å². The van der Waals surface area contributed by atoms with Crippen LogP contribution in [0.3, 0.4) is 0 Å². The minimum absolute atomic E-state index is 0.342. The molecule has 1 aromatic rings. The van der Waals surface area contributed by atoms with Crippen LogP contribution in [0.15, 0.2) is 6.20 Å². The maximum Gasteiger partial charge on any atom is 0.105 e. The number of imidazole rings is 1. The Morgan fingerprint density at radius 2 is 2.31 bits per heavy atom. The number of nitrogens with zero attached hydrogens (tertiary/aromatic N) is 2. The van der Waals surface area contributed by atoms with Crippen molar-refractivity contribution in [2.24, 2.45) is 12.8 Å². The molecule has 1 fully saturated rings. The number of hydrogen-bond donors (Lipinski definition) is 1. The summed E-state index contributed by atoms with van der Waals surface area (Å²) in [7, 11) is 2.07. The van der Waals surface area contributed by atoms with Gasteiger partial charge < -0.3 is 10.3 Å². The Morgan fingerprint density at radius 1 is 1.54 bits per heavy atom. The first-order chi connectivity index (χ1) is 6.20. The van der Waals surface area contributed by atoms with Crippen molar-refractivity contribution in [2.45, 2.75) is 38.1 Å². The standard InChI is InChI=1S/C10H17N3/c1-7-12-6-10(13(7)2)8-4-3-5-9(8)11/h6,8-9H,3-5,11H2,1-2H3. The maximum absolute atomic E-state index is 6.05. The molecule has 2 unspecified atom stereocenters. The Bertz CT molecular complexity index is 303. The summed E-state index contributed by atoms with van der Waals surface area (Å²) in [5.74, 6) is 1.61. The van der Waals surface area contributed by atoms with Gasteiger partial charge in [0.05, 0.1) is 0 Å². The van der Waals surface area contributed by atoms with Crippen LogP contribution in [0.5, 0.6) is 0 Å². The molecule has 2 rings (SSSR count). The Kier molecular flexibility index (Phi) is 2.12. The topological polar surface area (TPSA) is 43.8 Å². The molecule has 0 spiro atoms. The molecule has 3 heteroatoms. The highest BCUT2D eigenvalue weighted by Gasteiger charge is 2.27. The number of hydrogen-bond acceptors (Lipinski definition) is 2. The van der Waals surface area contributed by atoms with E-state index in [1.165, 1.54) is 18.5 Å². The molecule has 0 aromatic carbocycles. The molecule has 0 radical (unpaired) electrons. The van der Waals surface area contributed by atoms with Gasteiger partial charge in [-0.1, -0.05) is 6.42 Å². The predicted molar refractivity (Wildman–Crippen MR) is 52.5 cm³/mol. The molecule has 0 amide bonds. The summed E-state index contributed by atoms with van der Waals surface area (Å²) >= 11 is 0. The van der Waals surface area contributed by atoms with Crippen LogP contribution in [0.25, 0.3) is 0 Å². The van der Waals surface area contributed by atoms with Crippen molar-refractivity contribution in [2.75, 3.05) is 0 Å². The number of aryl methyl sites for hydroxylation is 1. The Morgan fingerprint density at radius 3 is 2.77 bits per heavy atom. The molecule has 1 saturated carbocycles. The molecule has 13 heavy (non-hydrogen) atoms. The molecule has 1 aliphatic rings. The smallest absolute Gasteiger partial charge is 0.105 e. The van der Waals surface area contributed by atoms with Crippen molar-refractivity contribution in [1.82, 2.24) is 9.55 Å². The van der Waals surface area contributed by atoms with Gasteiger partial charge in [-0.15, -0.1) is 0 Å². The Labute approximate surface area is 79.0 Å². The van der Waals surface area contributed by atoms with Crippen LogP contribution in [0.2, 0.25) is 0 Å². The first-order valence-corrected chi connectivity index (χ1v) is 4.94. The average molecular weight is 179 g/mol. The van der Waals surface area contributed by atoms with E-state index in [1.54, 1.807) is 0 Å². The fourth-order valence-electron chi connectivity index (χ4n) is 2.22. The number of nitrogens with two attached hydrogens (primary N) is 1. The summed E-state index contributed by atoms with van der Waals surface area (Å²) in [5.41, 5.74) is 7.36. The van der Waals surface area contributed by atoms with E-state index in [4.69, 9.17) is 5.73 Å². The largest absolute Gasteiger partial charge is 0.335 e. The van der Waals surface area contributed by atoms with Gasteiger partial charge in [-0.05, 0) is 19.8 Å². The average Bonchev–Trinajstić information content (AvgIpc) is 2.62. The van der Waals surface area contributed by atoms with E-state index in [1.807, 2.05) is 13.1 Å². The SMILES string of the molecule is Cc1ncc(C2CCCC2N)n1C. The summed E-state index contributed by atoms with van der Waals surface area (Å²) in [6, 6.07) is 0.342. The minimum Gasteiger partial charge on any atom is -0.335 e. The highest BCUT2D eigenvalue weighted by Crippen LogP contribution is 2.33. The maximum atomic E-state index is 6.05. The van der Waals surface area contributed by atoms with Gasteiger partial charge in [0.25, 0.3) is 0 Å². The lowest BCUT2D eigenvalue weighted by Crippen LogP contribution is -2.24. The second-order valence-electron chi connectivity index (χ2n) is 3.99. The lowest BCUT2D eigenvalue weighted by Gasteiger charge is -2.15. The molecule has 3 nitrogen and oxygen atoms in total. The van der Waals surface area contributed by atoms with Crippen LogP contribution in [-0.2, 0) is 7.05 Å². The third-order valence-electron chi connectivity index (χ3n) is 3.21. The van der Waals surface area contributed by atoms with Gasteiger partial charge in [-0.25, -0.2) is 4.98 Å². The van der Waals surface area contributed by atoms with Crippen LogP contribution in [-0.4, -0.2) is 15.6 Å². The Hall–Kier alpha value is -0.830. The van der Waals surface area contributed by atoms with Gasteiger partial charge in [0.1, 0.15) is 5.82 Å². The summed E-state index contributed by atoms with van der Waals surface area (Å²) < 4.78 is 2.16. The molecule has 2 N–H and O–H groups in total. The zero-order valence-electron chi connectivity index (χ0n) is 8.33. The zero-order chi connectivity index (χ0) is 9.42. The first-order valence-electron chi connectivity index (χ1n) is 4.94. The summed E-state index contributed by atoms with van der Waals surface area (Å²) in [6.07, 6.45) is 5.62. The Balaban J connectivity index is 2.29. The highest BCUT2D eigenvalue weighted by molar-refractivity contribution is 5.14. The molecule has 0 aliphatic heterocycles. The van der Waals surface area contributed by atoms with E-state index in [-0.39, 0.29) is 0 Å². The first kappa shape index (κ1) is 8.75. The third-order valence-corrected chi connectivity index (χ3v) is 3.21. The van der Waals surface area contributed by atoms with Crippen molar-refractivity contribution in [3.8, 4) is 0 Å². The quantitative estimate of drug-likeness (QED) is 0.706. The van der Waals surface area contributed by atoms with Gasteiger partial charge >= 0.3 is 0 Å². The van der Waals surface area contributed by atoms with E-state index in [2.05, 4.69) is 16.6 Å². The zero-order valence-corrected chi connectivity index (χ0v) is 8.33. The van der Waals surface area contributed by atoms with Crippen LogP contribution in [0.1, 0.15) is 36.7 Å². The molecule has 0 bridgehead atoms. The van der Waals surface area contributed by atoms with E-state index in [0.29, 0.717) is 12.0 Å². The van der Waals surface area contributed by atoms with Gasteiger partial charge in [-0.3, -0.25) is 0 Å². The monoisotopic (exact) mass is 179 g/mol.